The Morgan fingerprint density at radius 2 is 1.77 bits per heavy atom. The summed E-state index contributed by atoms with van der Waals surface area (Å²) in [5.74, 6) is -4.26. The second kappa shape index (κ2) is 8.43. The van der Waals surface area contributed by atoms with Crippen molar-refractivity contribution in [3.63, 3.8) is 0 Å². The molecule has 8 heteroatoms. The first-order valence-electron chi connectivity index (χ1n) is 9.78. The molecule has 1 fully saturated rings. The fourth-order valence-electron chi connectivity index (χ4n) is 3.85. The lowest BCUT2D eigenvalue weighted by atomic mass is 9.96. The number of sulfonamides is 1. The lowest BCUT2D eigenvalue weighted by Gasteiger charge is -2.29. The number of amides is 1. The maximum Gasteiger partial charge on any atom is 0.283 e. The minimum Gasteiger partial charge on any atom is -0.331 e. The van der Waals surface area contributed by atoms with Crippen molar-refractivity contribution in [1.82, 2.24) is 9.62 Å². The topological polar surface area (TPSA) is 66.5 Å². The van der Waals surface area contributed by atoms with Gasteiger partial charge in [-0.15, -0.1) is 0 Å². The highest BCUT2D eigenvalue weighted by molar-refractivity contribution is 7.88. The zero-order chi connectivity index (χ0) is 22.1. The molecule has 1 saturated heterocycles. The summed E-state index contributed by atoms with van der Waals surface area (Å²) in [6.45, 7) is 2.48. The van der Waals surface area contributed by atoms with Gasteiger partial charge < -0.3 is 4.90 Å². The molecule has 1 aliphatic rings. The number of likely N-dealkylation sites (tertiary alicyclic amines) is 1. The molecular formula is C22H26F2N2O3S. The maximum atomic E-state index is 14.8. The highest BCUT2D eigenvalue weighted by atomic mass is 32.2. The molecule has 30 heavy (non-hydrogen) atoms. The van der Waals surface area contributed by atoms with E-state index in [4.69, 9.17) is 0 Å². The van der Waals surface area contributed by atoms with E-state index in [1.165, 1.54) is 0 Å². The molecule has 0 unspecified atom stereocenters. The standard InChI is InChI=1S/C22H26F2N2O3S/c1-15(2)21(27)26-14-22(23,24)20(25-30(3,28)29)19(26)13-16-8-7-11-18(12-16)17-9-5-4-6-10-17/h4-12,15,19-20,25H,13-14H2,1-3H3/t19-,20+/m0/s1. The number of rotatable bonds is 6. The third kappa shape index (κ3) is 5.05. The average Bonchev–Trinajstić information content (AvgIpc) is 2.91. The van der Waals surface area contributed by atoms with E-state index in [1.807, 2.05) is 48.5 Å². The summed E-state index contributed by atoms with van der Waals surface area (Å²) in [6, 6.07) is 14.4. The van der Waals surface area contributed by atoms with E-state index in [1.54, 1.807) is 19.9 Å². The second-order valence-electron chi connectivity index (χ2n) is 8.09. The van der Waals surface area contributed by atoms with E-state index in [-0.39, 0.29) is 6.42 Å². The first-order chi connectivity index (χ1) is 14.0. The molecule has 162 valence electrons. The highest BCUT2D eigenvalue weighted by Crippen LogP contribution is 2.36. The number of alkyl halides is 2. The van der Waals surface area contributed by atoms with Gasteiger partial charge in [-0.2, -0.15) is 0 Å². The number of hydrogen-bond acceptors (Lipinski definition) is 3. The van der Waals surface area contributed by atoms with Crippen LogP contribution in [-0.2, 0) is 21.2 Å². The Bertz CT molecular complexity index is 1010. The predicted molar refractivity (Wildman–Crippen MR) is 113 cm³/mol. The summed E-state index contributed by atoms with van der Waals surface area (Å²) < 4.78 is 55.2. The number of carbonyl (C=O) groups excluding carboxylic acids is 1. The molecule has 0 bridgehead atoms. The van der Waals surface area contributed by atoms with Crippen LogP contribution in [0, 0.1) is 5.92 Å². The van der Waals surface area contributed by atoms with Gasteiger partial charge in [0.05, 0.1) is 18.8 Å². The van der Waals surface area contributed by atoms with Crippen LogP contribution < -0.4 is 4.72 Å². The van der Waals surface area contributed by atoms with Crippen LogP contribution in [0.1, 0.15) is 19.4 Å². The van der Waals surface area contributed by atoms with Crippen molar-refractivity contribution >= 4 is 15.9 Å². The van der Waals surface area contributed by atoms with Crippen molar-refractivity contribution in [2.75, 3.05) is 12.8 Å². The Morgan fingerprint density at radius 3 is 2.37 bits per heavy atom. The minimum absolute atomic E-state index is 0.113. The smallest absolute Gasteiger partial charge is 0.283 e. The molecule has 2 aromatic carbocycles. The normalized spacial score (nSPS) is 21.2. The first-order valence-corrected chi connectivity index (χ1v) is 11.7. The largest absolute Gasteiger partial charge is 0.331 e. The Labute approximate surface area is 176 Å². The van der Waals surface area contributed by atoms with E-state index in [9.17, 15) is 22.0 Å². The zero-order valence-corrected chi connectivity index (χ0v) is 18.0. The van der Waals surface area contributed by atoms with Gasteiger partial charge in [0.15, 0.2) is 0 Å². The molecular weight excluding hydrogens is 410 g/mol. The van der Waals surface area contributed by atoms with Crippen LogP contribution in [0.3, 0.4) is 0 Å². The summed E-state index contributed by atoms with van der Waals surface area (Å²) in [5, 5.41) is 0. The van der Waals surface area contributed by atoms with Gasteiger partial charge in [-0.1, -0.05) is 68.4 Å². The quantitative estimate of drug-likeness (QED) is 0.756. The van der Waals surface area contributed by atoms with E-state index >= 15 is 0 Å². The summed E-state index contributed by atoms with van der Waals surface area (Å²) in [7, 11) is -3.89. The molecule has 0 spiro atoms. The average molecular weight is 437 g/mol. The number of nitrogens with zero attached hydrogens (tertiary/aromatic N) is 1. The van der Waals surface area contributed by atoms with Crippen LogP contribution in [0.15, 0.2) is 54.6 Å². The van der Waals surface area contributed by atoms with E-state index in [0.29, 0.717) is 0 Å². The van der Waals surface area contributed by atoms with Crippen LogP contribution in [0.5, 0.6) is 0 Å². The van der Waals surface area contributed by atoms with Crippen molar-refractivity contribution in [3.05, 3.63) is 60.2 Å². The number of nitrogens with one attached hydrogen (secondary N) is 1. The molecule has 2 atom stereocenters. The van der Waals surface area contributed by atoms with Gasteiger partial charge in [0.2, 0.25) is 15.9 Å². The summed E-state index contributed by atoms with van der Waals surface area (Å²) in [6.07, 6.45) is 0.963. The summed E-state index contributed by atoms with van der Waals surface area (Å²) in [5.41, 5.74) is 2.66. The van der Waals surface area contributed by atoms with Gasteiger partial charge >= 0.3 is 0 Å². The number of halogens is 2. The molecule has 0 aliphatic carbocycles. The SMILES string of the molecule is CC(C)C(=O)N1CC(F)(F)[C@H](NS(C)(=O)=O)[C@@H]1Cc1cccc(-c2ccccc2)c1. The Morgan fingerprint density at radius 1 is 1.13 bits per heavy atom. The van der Waals surface area contributed by atoms with E-state index < -0.39 is 46.4 Å². The van der Waals surface area contributed by atoms with Crippen LogP contribution in [0.4, 0.5) is 8.78 Å². The highest BCUT2D eigenvalue weighted by Gasteiger charge is 2.56. The lowest BCUT2D eigenvalue weighted by Crippen LogP contribution is -2.52. The first kappa shape index (κ1) is 22.4. The number of benzene rings is 2. The molecule has 0 saturated carbocycles. The monoisotopic (exact) mass is 436 g/mol. The van der Waals surface area contributed by atoms with Gasteiger partial charge in [-0.3, -0.25) is 4.79 Å². The molecule has 2 aromatic rings. The molecule has 1 amide bonds. The molecule has 0 aromatic heterocycles. The summed E-state index contributed by atoms with van der Waals surface area (Å²) >= 11 is 0. The van der Waals surface area contributed by atoms with Gasteiger partial charge in [0, 0.05) is 5.92 Å². The molecule has 1 N–H and O–H groups in total. The fraction of sp³-hybridized carbons (Fsp3) is 0.409. The molecule has 3 rings (SSSR count). The van der Waals surface area contributed by atoms with Crippen molar-refractivity contribution in [3.8, 4) is 11.1 Å². The van der Waals surface area contributed by atoms with Gasteiger partial charge in [0.1, 0.15) is 6.04 Å². The zero-order valence-electron chi connectivity index (χ0n) is 17.2. The van der Waals surface area contributed by atoms with Crippen molar-refractivity contribution in [2.45, 2.75) is 38.3 Å². The van der Waals surface area contributed by atoms with Crippen LogP contribution in [0.25, 0.3) is 11.1 Å². The van der Waals surface area contributed by atoms with E-state index in [2.05, 4.69) is 4.72 Å². The fourth-order valence-corrected chi connectivity index (χ4v) is 4.64. The lowest BCUT2D eigenvalue weighted by molar-refractivity contribution is -0.136. The Balaban J connectivity index is 1.97. The van der Waals surface area contributed by atoms with Crippen LogP contribution in [0.2, 0.25) is 0 Å². The maximum absolute atomic E-state index is 14.8. The number of carbonyl (C=O) groups is 1. The molecule has 0 radical (unpaired) electrons. The molecule has 1 heterocycles. The molecule has 5 nitrogen and oxygen atoms in total. The van der Waals surface area contributed by atoms with Crippen molar-refractivity contribution in [2.24, 2.45) is 5.92 Å². The third-order valence-corrected chi connectivity index (χ3v) is 5.90. The second-order valence-corrected chi connectivity index (χ2v) is 9.87. The third-order valence-electron chi connectivity index (χ3n) is 5.22. The van der Waals surface area contributed by atoms with Gasteiger partial charge in [-0.05, 0) is 23.1 Å². The van der Waals surface area contributed by atoms with Crippen LogP contribution >= 0.6 is 0 Å². The van der Waals surface area contributed by atoms with Crippen molar-refractivity contribution < 1.29 is 22.0 Å². The van der Waals surface area contributed by atoms with Crippen LogP contribution in [-0.4, -0.2) is 50.0 Å². The van der Waals surface area contributed by atoms with Gasteiger partial charge in [-0.25, -0.2) is 21.9 Å². The summed E-state index contributed by atoms with van der Waals surface area (Å²) in [4.78, 5) is 13.8. The van der Waals surface area contributed by atoms with Crippen molar-refractivity contribution in [1.29, 1.82) is 0 Å². The van der Waals surface area contributed by atoms with E-state index in [0.717, 1.165) is 27.8 Å². The molecule has 1 aliphatic heterocycles. The minimum atomic E-state index is -3.89. The predicted octanol–water partition coefficient (Wildman–Crippen LogP) is 3.32. The number of hydrogen-bond donors (Lipinski definition) is 1. The Hall–Kier alpha value is -2.32. The van der Waals surface area contributed by atoms with Gasteiger partial charge in [0.25, 0.3) is 5.92 Å². The Kier molecular flexibility index (Phi) is 6.29.